The third-order valence-corrected chi connectivity index (χ3v) is 14.6. The first-order valence-electron chi connectivity index (χ1n) is 22.3. The minimum absolute atomic E-state index is 0.440. The molecule has 0 radical (unpaired) electrons. The summed E-state index contributed by atoms with van der Waals surface area (Å²) in [5, 5.41) is 2.18. The molecule has 298 valence electrons. The SMILES string of the molecule is c1ccc(N(c2ccc3oc4c(C5(c6ccccc6)c6ccccc6-c6ccccc65)cccc4c3c2)c2cccc3c2-c2ccccc2C32c3ccccc3-c3ccccc32)cc1. The van der Waals surface area contributed by atoms with Crippen LogP contribution in [0.4, 0.5) is 17.1 Å². The molecule has 0 N–H and O–H groups in total. The zero-order chi connectivity index (χ0) is 42.0. The molecule has 1 heterocycles. The van der Waals surface area contributed by atoms with Gasteiger partial charge in [-0.1, -0.05) is 200 Å². The summed E-state index contributed by atoms with van der Waals surface area (Å²) in [4.78, 5) is 2.46. The normalized spacial score (nSPS) is 14.2. The van der Waals surface area contributed by atoms with Crippen LogP contribution in [-0.2, 0) is 10.8 Å². The van der Waals surface area contributed by atoms with Crippen molar-refractivity contribution in [3.05, 3.63) is 281 Å². The third-order valence-electron chi connectivity index (χ3n) is 14.6. The van der Waals surface area contributed by atoms with Gasteiger partial charge in [-0.05, 0) is 103 Å². The molecule has 0 fully saturated rings. The fourth-order valence-corrected chi connectivity index (χ4v) is 12.2. The number of hydrogen-bond donors (Lipinski definition) is 0. The van der Waals surface area contributed by atoms with Crippen molar-refractivity contribution >= 4 is 39.0 Å². The summed E-state index contributed by atoms with van der Waals surface area (Å²) >= 11 is 0. The van der Waals surface area contributed by atoms with Crippen LogP contribution in [0.3, 0.4) is 0 Å². The molecule has 2 nitrogen and oxygen atoms in total. The van der Waals surface area contributed by atoms with Crippen LogP contribution in [0.15, 0.2) is 241 Å². The quantitative estimate of drug-likeness (QED) is 0.172. The molecule has 1 spiro atoms. The lowest BCUT2D eigenvalue weighted by atomic mass is 9.67. The van der Waals surface area contributed by atoms with E-state index in [0.29, 0.717) is 0 Å². The van der Waals surface area contributed by atoms with Gasteiger partial charge in [0.2, 0.25) is 0 Å². The molecule has 3 aliphatic carbocycles. The predicted octanol–water partition coefficient (Wildman–Crippen LogP) is 15.8. The molecule has 0 saturated carbocycles. The molecular formula is C62H39NO. The summed E-state index contributed by atoms with van der Waals surface area (Å²) < 4.78 is 7.15. The second-order valence-electron chi connectivity index (χ2n) is 17.4. The number of anilines is 3. The van der Waals surface area contributed by atoms with Gasteiger partial charge < -0.3 is 9.32 Å². The van der Waals surface area contributed by atoms with Crippen molar-refractivity contribution in [1.29, 1.82) is 0 Å². The van der Waals surface area contributed by atoms with Gasteiger partial charge in [0, 0.05) is 33.3 Å². The van der Waals surface area contributed by atoms with Gasteiger partial charge >= 0.3 is 0 Å². The van der Waals surface area contributed by atoms with E-state index in [4.69, 9.17) is 4.42 Å². The van der Waals surface area contributed by atoms with Gasteiger partial charge in [-0.25, -0.2) is 0 Å². The Balaban J connectivity index is 1.02. The summed E-state index contributed by atoms with van der Waals surface area (Å²) in [6.07, 6.45) is 0. The average Bonchev–Trinajstić information content (AvgIpc) is 4.08. The van der Waals surface area contributed by atoms with Crippen molar-refractivity contribution in [3.8, 4) is 33.4 Å². The molecular weight excluding hydrogens is 775 g/mol. The molecule has 0 atom stereocenters. The van der Waals surface area contributed by atoms with E-state index in [1.54, 1.807) is 0 Å². The Morgan fingerprint density at radius 1 is 0.312 bits per heavy atom. The Labute approximate surface area is 372 Å². The maximum absolute atomic E-state index is 7.15. The van der Waals surface area contributed by atoms with Crippen molar-refractivity contribution in [3.63, 3.8) is 0 Å². The van der Waals surface area contributed by atoms with E-state index in [1.165, 1.54) is 72.3 Å². The molecule has 0 bridgehead atoms. The van der Waals surface area contributed by atoms with E-state index in [9.17, 15) is 0 Å². The molecule has 11 aromatic rings. The number of hydrogen-bond acceptors (Lipinski definition) is 2. The Morgan fingerprint density at radius 3 is 1.39 bits per heavy atom. The monoisotopic (exact) mass is 813 g/mol. The first-order chi connectivity index (χ1) is 31.8. The fraction of sp³-hybridized carbons (Fsp3) is 0.0323. The van der Waals surface area contributed by atoms with E-state index in [1.807, 2.05) is 0 Å². The van der Waals surface area contributed by atoms with Crippen molar-refractivity contribution < 1.29 is 4.42 Å². The maximum atomic E-state index is 7.15. The topological polar surface area (TPSA) is 16.4 Å². The van der Waals surface area contributed by atoms with Gasteiger partial charge in [0.05, 0.1) is 16.5 Å². The minimum atomic E-state index is -0.577. The molecule has 3 aliphatic rings. The van der Waals surface area contributed by atoms with Crippen molar-refractivity contribution in [2.45, 2.75) is 10.8 Å². The molecule has 0 saturated heterocycles. The van der Waals surface area contributed by atoms with E-state index in [0.717, 1.165) is 44.6 Å². The highest BCUT2D eigenvalue weighted by atomic mass is 16.3. The van der Waals surface area contributed by atoms with E-state index in [2.05, 4.69) is 241 Å². The van der Waals surface area contributed by atoms with Gasteiger partial charge in [0.15, 0.2) is 0 Å². The Morgan fingerprint density at radius 2 is 0.781 bits per heavy atom. The van der Waals surface area contributed by atoms with Gasteiger partial charge in [0.25, 0.3) is 0 Å². The zero-order valence-electron chi connectivity index (χ0n) is 34.9. The van der Waals surface area contributed by atoms with Crippen LogP contribution in [0.25, 0.3) is 55.3 Å². The molecule has 2 heteroatoms. The number of para-hydroxylation sites is 2. The molecule has 0 amide bonds. The van der Waals surface area contributed by atoms with Crippen molar-refractivity contribution in [1.82, 2.24) is 0 Å². The molecule has 0 aliphatic heterocycles. The summed E-state index contributed by atoms with van der Waals surface area (Å²) in [7, 11) is 0. The maximum Gasteiger partial charge on any atom is 0.140 e. The predicted molar refractivity (Wildman–Crippen MR) is 262 cm³/mol. The summed E-state index contributed by atoms with van der Waals surface area (Å²) in [6, 6.07) is 87.2. The first-order valence-corrected chi connectivity index (χ1v) is 22.3. The number of fused-ring (bicyclic) bond motifs is 16. The highest BCUT2D eigenvalue weighted by Gasteiger charge is 2.52. The van der Waals surface area contributed by atoms with Crippen LogP contribution in [0.1, 0.15) is 44.5 Å². The molecule has 0 unspecified atom stereocenters. The standard InChI is InChI=1S/C62H39NO/c1-3-19-40(20-4-1)61(50-29-12-7-23-43(50)44-24-8-13-30-51(44)61)56-35-17-28-47-49-39-42(37-38-58(49)64-60(47)56)63(41-21-5-2-6-22-41)57-36-18-34-55-59(57)48-27-11-16-33-54(48)62(55)52-31-14-9-25-45(52)46-26-10-15-32-53(46)62/h1-39H. The van der Waals surface area contributed by atoms with Gasteiger partial charge in [-0.2, -0.15) is 0 Å². The summed E-state index contributed by atoms with van der Waals surface area (Å²) in [6.45, 7) is 0. The lowest BCUT2D eigenvalue weighted by Gasteiger charge is -2.33. The molecule has 1 aromatic heterocycles. The molecule has 10 aromatic carbocycles. The third kappa shape index (κ3) is 4.44. The smallest absolute Gasteiger partial charge is 0.140 e. The number of furan rings is 1. The van der Waals surface area contributed by atoms with Gasteiger partial charge in [-0.15, -0.1) is 0 Å². The van der Waals surface area contributed by atoms with E-state index >= 15 is 0 Å². The van der Waals surface area contributed by atoms with Crippen LogP contribution >= 0.6 is 0 Å². The van der Waals surface area contributed by atoms with Gasteiger partial charge in [-0.3, -0.25) is 0 Å². The van der Waals surface area contributed by atoms with E-state index in [-0.39, 0.29) is 0 Å². The number of benzene rings is 10. The Hall–Kier alpha value is -8.20. The lowest BCUT2D eigenvalue weighted by Crippen LogP contribution is -2.28. The Bertz CT molecular complexity index is 3600. The first kappa shape index (κ1) is 35.4. The highest BCUT2D eigenvalue weighted by Crippen LogP contribution is 2.65. The molecule has 64 heavy (non-hydrogen) atoms. The van der Waals surface area contributed by atoms with E-state index < -0.39 is 10.8 Å². The second kappa shape index (κ2) is 13.2. The van der Waals surface area contributed by atoms with Crippen LogP contribution in [0, 0.1) is 0 Å². The van der Waals surface area contributed by atoms with Crippen LogP contribution in [-0.4, -0.2) is 0 Å². The van der Waals surface area contributed by atoms with Crippen molar-refractivity contribution in [2.75, 3.05) is 4.90 Å². The van der Waals surface area contributed by atoms with Crippen LogP contribution in [0.5, 0.6) is 0 Å². The average molecular weight is 814 g/mol. The van der Waals surface area contributed by atoms with Crippen LogP contribution < -0.4 is 4.90 Å². The zero-order valence-corrected chi connectivity index (χ0v) is 34.9. The fourth-order valence-electron chi connectivity index (χ4n) is 12.2. The number of nitrogens with zero attached hydrogens (tertiary/aromatic N) is 1. The second-order valence-corrected chi connectivity index (χ2v) is 17.4. The number of rotatable bonds is 5. The van der Waals surface area contributed by atoms with Crippen molar-refractivity contribution in [2.24, 2.45) is 0 Å². The van der Waals surface area contributed by atoms with Crippen LogP contribution in [0.2, 0.25) is 0 Å². The largest absolute Gasteiger partial charge is 0.456 e. The minimum Gasteiger partial charge on any atom is -0.456 e. The summed E-state index contributed by atoms with van der Waals surface area (Å²) in [5.74, 6) is 0. The van der Waals surface area contributed by atoms with Gasteiger partial charge in [0.1, 0.15) is 11.2 Å². The summed E-state index contributed by atoms with van der Waals surface area (Å²) in [5.41, 5.74) is 22.0. The molecule has 14 rings (SSSR count). The lowest BCUT2D eigenvalue weighted by molar-refractivity contribution is 0.648. The Kier molecular flexibility index (Phi) is 7.28. The highest BCUT2D eigenvalue weighted by molar-refractivity contribution is 6.09.